The molecule has 2 N–H and O–H groups in total. The summed E-state index contributed by atoms with van der Waals surface area (Å²) in [5.74, 6) is 1.07. The summed E-state index contributed by atoms with van der Waals surface area (Å²) < 4.78 is 0. The largest absolute Gasteiger partial charge is 0.481 e. The molecule has 0 heterocycles. The molecular formula is C11H16O3. The number of carbonyl (C=O) groups is 1. The van der Waals surface area contributed by atoms with Crippen LogP contribution in [0.3, 0.4) is 0 Å². The molecule has 0 radical (unpaired) electrons. The maximum atomic E-state index is 10.4. The van der Waals surface area contributed by atoms with Crippen molar-refractivity contribution in [2.75, 3.05) is 0 Å². The van der Waals surface area contributed by atoms with Crippen molar-refractivity contribution in [2.24, 2.45) is 23.7 Å². The van der Waals surface area contributed by atoms with E-state index in [9.17, 15) is 9.90 Å². The second kappa shape index (κ2) is 3.39. The molecule has 5 atom stereocenters. The zero-order valence-corrected chi connectivity index (χ0v) is 8.10. The number of aliphatic carboxylic acids is 1. The molecule has 14 heavy (non-hydrogen) atoms. The zero-order valence-electron chi connectivity index (χ0n) is 8.10. The molecule has 3 heteroatoms. The van der Waals surface area contributed by atoms with Crippen LogP contribution in [0.1, 0.15) is 19.3 Å². The van der Waals surface area contributed by atoms with Gasteiger partial charge in [-0.05, 0) is 36.5 Å². The third-order valence-electron chi connectivity index (χ3n) is 3.76. The van der Waals surface area contributed by atoms with E-state index >= 15 is 0 Å². The fourth-order valence-corrected chi connectivity index (χ4v) is 3.06. The minimum atomic E-state index is -0.767. The molecule has 3 nitrogen and oxygen atoms in total. The highest BCUT2D eigenvalue weighted by molar-refractivity contribution is 5.66. The number of fused-ring (bicyclic) bond motifs is 1. The fourth-order valence-electron chi connectivity index (χ4n) is 3.06. The highest BCUT2D eigenvalue weighted by Gasteiger charge is 2.59. The summed E-state index contributed by atoms with van der Waals surface area (Å²) in [4.78, 5) is 10.4. The monoisotopic (exact) mass is 196 g/mol. The van der Waals surface area contributed by atoms with Crippen LogP contribution in [0.4, 0.5) is 0 Å². The minimum absolute atomic E-state index is 0.175. The molecule has 2 aliphatic carbocycles. The first-order chi connectivity index (χ1) is 6.65. The highest BCUT2D eigenvalue weighted by atomic mass is 16.4. The Kier molecular flexibility index (Phi) is 2.35. The first-order valence-corrected chi connectivity index (χ1v) is 5.17. The van der Waals surface area contributed by atoms with Gasteiger partial charge in [0.2, 0.25) is 0 Å². The summed E-state index contributed by atoms with van der Waals surface area (Å²) >= 11 is 0. The number of hydrogen-bond donors (Lipinski definition) is 2. The molecule has 0 aliphatic heterocycles. The Morgan fingerprint density at radius 3 is 2.86 bits per heavy atom. The fraction of sp³-hybridized carbons (Fsp3) is 0.727. The zero-order chi connectivity index (χ0) is 10.3. The lowest BCUT2D eigenvalue weighted by molar-refractivity contribution is -0.137. The maximum Gasteiger partial charge on any atom is 0.303 e. The predicted molar refractivity (Wildman–Crippen MR) is 51.7 cm³/mol. The molecule has 0 saturated heterocycles. The van der Waals surface area contributed by atoms with E-state index in [0.29, 0.717) is 24.2 Å². The average molecular weight is 196 g/mol. The van der Waals surface area contributed by atoms with Crippen molar-refractivity contribution in [3.8, 4) is 0 Å². The molecule has 5 unspecified atom stereocenters. The summed E-state index contributed by atoms with van der Waals surface area (Å²) in [6, 6.07) is 0. The Morgan fingerprint density at radius 2 is 2.29 bits per heavy atom. The van der Waals surface area contributed by atoms with Crippen LogP contribution in [0, 0.1) is 23.7 Å². The van der Waals surface area contributed by atoms with Crippen LogP contribution in [0.25, 0.3) is 0 Å². The Labute approximate surface area is 83.4 Å². The van der Waals surface area contributed by atoms with Gasteiger partial charge in [0.05, 0.1) is 6.10 Å². The number of carboxylic acid groups (broad SMARTS) is 1. The summed E-state index contributed by atoms with van der Waals surface area (Å²) in [5, 5.41) is 18.3. The van der Waals surface area contributed by atoms with Crippen molar-refractivity contribution in [1.29, 1.82) is 0 Å². The standard InChI is InChI=1S/C11H16O3/c1-2-6-8-5-9(12)7(11(6)8)3-4-10(13)14/h2,6-9,11-12H,1,3-5H2,(H,13,14). The van der Waals surface area contributed by atoms with Crippen LogP contribution >= 0.6 is 0 Å². The summed E-state index contributed by atoms with van der Waals surface area (Å²) in [6.07, 6.45) is 3.30. The van der Waals surface area contributed by atoms with Gasteiger partial charge >= 0.3 is 5.97 Å². The number of carboxylic acids is 1. The normalized spacial score (nSPS) is 44.5. The maximum absolute atomic E-state index is 10.4. The van der Waals surface area contributed by atoms with E-state index in [1.807, 2.05) is 6.08 Å². The van der Waals surface area contributed by atoms with Crippen molar-refractivity contribution < 1.29 is 15.0 Å². The van der Waals surface area contributed by atoms with Gasteiger partial charge in [-0.1, -0.05) is 6.08 Å². The molecule has 0 bridgehead atoms. The van der Waals surface area contributed by atoms with Crippen molar-refractivity contribution >= 4 is 5.97 Å². The number of aliphatic hydroxyl groups is 1. The summed E-state index contributed by atoms with van der Waals surface area (Å²) in [7, 11) is 0. The predicted octanol–water partition coefficient (Wildman–Crippen LogP) is 1.28. The van der Waals surface area contributed by atoms with E-state index in [4.69, 9.17) is 5.11 Å². The molecule has 2 saturated carbocycles. The molecule has 78 valence electrons. The third kappa shape index (κ3) is 1.46. The van der Waals surface area contributed by atoms with Crippen LogP contribution in [0.2, 0.25) is 0 Å². The van der Waals surface area contributed by atoms with Crippen molar-refractivity contribution in [1.82, 2.24) is 0 Å². The van der Waals surface area contributed by atoms with E-state index in [-0.39, 0.29) is 18.4 Å². The topological polar surface area (TPSA) is 57.5 Å². The van der Waals surface area contributed by atoms with Gasteiger partial charge in [-0.25, -0.2) is 0 Å². The van der Waals surface area contributed by atoms with Gasteiger partial charge in [0.1, 0.15) is 0 Å². The molecular weight excluding hydrogens is 180 g/mol. The van der Waals surface area contributed by atoms with Crippen LogP contribution in [0.15, 0.2) is 12.7 Å². The average Bonchev–Trinajstić information content (AvgIpc) is 2.69. The number of rotatable bonds is 4. The SMILES string of the molecule is C=CC1C2CC(O)C(CCC(=O)O)C12. The lowest BCUT2D eigenvalue weighted by Crippen LogP contribution is -2.20. The Balaban J connectivity index is 1.90. The number of allylic oxidation sites excluding steroid dienone is 1. The van der Waals surface area contributed by atoms with Gasteiger partial charge in [-0.3, -0.25) is 4.79 Å². The van der Waals surface area contributed by atoms with Crippen LogP contribution in [-0.2, 0) is 4.79 Å². The van der Waals surface area contributed by atoms with E-state index in [0.717, 1.165) is 6.42 Å². The Morgan fingerprint density at radius 1 is 1.57 bits per heavy atom. The Bertz CT molecular complexity index is 261. The number of hydrogen-bond acceptors (Lipinski definition) is 2. The highest BCUT2D eigenvalue weighted by Crippen LogP contribution is 2.61. The van der Waals surface area contributed by atoms with Crippen LogP contribution in [0.5, 0.6) is 0 Å². The van der Waals surface area contributed by atoms with Gasteiger partial charge in [-0.2, -0.15) is 0 Å². The van der Waals surface area contributed by atoms with Crippen LogP contribution < -0.4 is 0 Å². The lowest BCUT2D eigenvalue weighted by Gasteiger charge is -2.17. The molecule has 0 aromatic rings. The third-order valence-corrected chi connectivity index (χ3v) is 3.76. The summed E-state index contributed by atoms with van der Waals surface area (Å²) in [5.41, 5.74) is 0. The van der Waals surface area contributed by atoms with Gasteiger partial charge in [0, 0.05) is 6.42 Å². The molecule has 2 fully saturated rings. The van der Waals surface area contributed by atoms with E-state index < -0.39 is 5.97 Å². The van der Waals surface area contributed by atoms with Gasteiger partial charge in [-0.15, -0.1) is 6.58 Å². The van der Waals surface area contributed by atoms with E-state index in [1.165, 1.54) is 0 Å². The molecule has 0 aromatic heterocycles. The minimum Gasteiger partial charge on any atom is -0.481 e. The van der Waals surface area contributed by atoms with E-state index in [2.05, 4.69) is 6.58 Å². The first-order valence-electron chi connectivity index (χ1n) is 5.17. The quantitative estimate of drug-likeness (QED) is 0.666. The van der Waals surface area contributed by atoms with Gasteiger partial charge in [0.25, 0.3) is 0 Å². The van der Waals surface area contributed by atoms with Gasteiger partial charge in [0.15, 0.2) is 0 Å². The Hall–Kier alpha value is -0.830. The molecule has 0 amide bonds. The van der Waals surface area contributed by atoms with Gasteiger partial charge < -0.3 is 10.2 Å². The van der Waals surface area contributed by atoms with E-state index in [1.54, 1.807) is 0 Å². The lowest BCUT2D eigenvalue weighted by atomic mass is 9.92. The molecule has 2 aliphatic rings. The molecule has 0 spiro atoms. The summed E-state index contributed by atoms with van der Waals surface area (Å²) in [6.45, 7) is 3.76. The van der Waals surface area contributed by atoms with Crippen molar-refractivity contribution in [3.05, 3.63) is 12.7 Å². The smallest absolute Gasteiger partial charge is 0.303 e. The molecule has 2 rings (SSSR count). The van der Waals surface area contributed by atoms with Crippen molar-refractivity contribution in [3.63, 3.8) is 0 Å². The second-order valence-electron chi connectivity index (χ2n) is 4.45. The molecule has 0 aromatic carbocycles. The first kappa shape index (κ1) is 9.71. The number of aliphatic hydroxyl groups excluding tert-OH is 1. The van der Waals surface area contributed by atoms with Crippen molar-refractivity contribution in [2.45, 2.75) is 25.4 Å². The second-order valence-corrected chi connectivity index (χ2v) is 4.45. The van der Waals surface area contributed by atoms with Crippen LogP contribution in [-0.4, -0.2) is 22.3 Å².